The van der Waals surface area contributed by atoms with Crippen molar-refractivity contribution in [2.45, 2.75) is 36.7 Å². The zero-order valence-electron chi connectivity index (χ0n) is 10.5. The number of rotatable bonds is 7. The Kier molecular flexibility index (Phi) is 5.01. The summed E-state index contributed by atoms with van der Waals surface area (Å²) in [6, 6.07) is 4.18. The Morgan fingerprint density at radius 3 is 2.89 bits per heavy atom. The fourth-order valence-electron chi connectivity index (χ4n) is 1.58. The number of ether oxygens (including phenoxy) is 1. The van der Waals surface area contributed by atoms with E-state index >= 15 is 0 Å². The van der Waals surface area contributed by atoms with Gasteiger partial charge in [-0.3, -0.25) is 9.78 Å². The molecule has 0 bridgehead atoms. The molecular weight excluding hydrogens is 248 g/mol. The first-order valence-corrected chi connectivity index (χ1v) is 7.23. The van der Waals surface area contributed by atoms with Gasteiger partial charge in [-0.2, -0.15) is 0 Å². The van der Waals surface area contributed by atoms with Crippen LogP contribution < -0.4 is 5.32 Å². The molecule has 0 amide bonds. The van der Waals surface area contributed by atoms with Crippen molar-refractivity contribution in [3.63, 3.8) is 0 Å². The molecule has 4 nitrogen and oxygen atoms in total. The van der Waals surface area contributed by atoms with E-state index in [1.807, 2.05) is 19.1 Å². The van der Waals surface area contributed by atoms with Gasteiger partial charge in [-0.1, -0.05) is 0 Å². The largest absolute Gasteiger partial charge is 0.465 e. The molecule has 18 heavy (non-hydrogen) atoms. The highest BCUT2D eigenvalue weighted by atomic mass is 32.2. The third kappa shape index (κ3) is 4.31. The van der Waals surface area contributed by atoms with Crippen molar-refractivity contribution < 1.29 is 9.53 Å². The molecule has 1 atom stereocenters. The molecule has 1 aromatic rings. The number of esters is 1. The molecule has 0 saturated heterocycles. The Labute approximate surface area is 112 Å². The maximum Gasteiger partial charge on any atom is 0.324 e. The van der Waals surface area contributed by atoms with Crippen LogP contribution in [0.25, 0.3) is 0 Å². The average Bonchev–Trinajstić information content (AvgIpc) is 3.20. The van der Waals surface area contributed by atoms with Gasteiger partial charge in [-0.05, 0) is 31.9 Å². The van der Waals surface area contributed by atoms with Crippen molar-refractivity contribution in [3.8, 4) is 0 Å². The predicted octanol–water partition coefficient (Wildman–Crippen LogP) is 1.86. The minimum atomic E-state index is -0.212. The molecule has 1 saturated carbocycles. The SMILES string of the molecule is CCOC(=O)C(CSc1ccncc1)NC1CC1. The summed E-state index contributed by atoms with van der Waals surface area (Å²) >= 11 is 1.65. The second kappa shape index (κ2) is 6.75. The van der Waals surface area contributed by atoms with Crippen LogP contribution in [0.3, 0.4) is 0 Å². The maximum absolute atomic E-state index is 11.8. The quantitative estimate of drug-likeness (QED) is 0.603. The molecule has 0 spiro atoms. The molecule has 5 heteroatoms. The zero-order valence-corrected chi connectivity index (χ0v) is 11.3. The standard InChI is InChI=1S/C13H18N2O2S/c1-2-17-13(16)12(15-10-3-4-10)9-18-11-5-7-14-8-6-11/h5-8,10,12,15H,2-4,9H2,1H3. The first-order chi connectivity index (χ1) is 8.79. The summed E-state index contributed by atoms with van der Waals surface area (Å²) in [4.78, 5) is 16.9. The molecule has 1 fully saturated rings. The number of carbonyl (C=O) groups is 1. The van der Waals surface area contributed by atoms with Crippen LogP contribution in [0.15, 0.2) is 29.4 Å². The zero-order chi connectivity index (χ0) is 12.8. The van der Waals surface area contributed by atoms with E-state index in [-0.39, 0.29) is 12.0 Å². The molecular formula is C13H18N2O2S. The molecule has 2 rings (SSSR count). The number of carbonyl (C=O) groups excluding carboxylic acids is 1. The molecule has 1 aromatic heterocycles. The second-order valence-corrected chi connectivity index (χ2v) is 5.33. The normalized spacial score (nSPS) is 16.3. The minimum absolute atomic E-state index is 0.147. The summed E-state index contributed by atoms with van der Waals surface area (Å²) < 4.78 is 5.09. The maximum atomic E-state index is 11.8. The molecule has 0 aromatic carbocycles. The second-order valence-electron chi connectivity index (χ2n) is 4.24. The molecule has 1 aliphatic carbocycles. The lowest BCUT2D eigenvalue weighted by molar-refractivity contribution is -0.145. The van der Waals surface area contributed by atoms with Gasteiger partial charge in [0.1, 0.15) is 6.04 Å². The summed E-state index contributed by atoms with van der Waals surface area (Å²) in [7, 11) is 0. The van der Waals surface area contributed by atoms with Gasteiger partial charge in [-0.25, -0.2) is 0 Å². The number of hydrogen-bond donors (Lipinski definition) is 1. The first-order valence-electron chi connectivity index (χ1n) is 6.25. The Bertz CT molecular complexity index is 382. The lowest BCUT2D eigenvalue weighted by atomic mass is 10.3. The van der Waals surface area contributed by atoms with Crippen molar-refractivity contribution in [2.24, 2.45) is 0 Å². The van der Waals surface area contributed by atoms with Crippen molar-refractivity contribution in [3.05, 3.63) is 24.5 Å². The van der Waals surface area contributed by atoms with Crippen LogP contribution in [-0.2, 0) is 9.53 Å². The van der Waals surface area contributed by atoms with Crippen LogP contribution >= 0.6 is 11.8 Å². The lowest BCUT2D eigenvalue weighted by Gasteiger charge is -2.16. The highest BCUT2D eigenvalue weighted by Gasteiger charge is 2.29. The van der Waals surface area contributed by atoms with Crippen molar-refractivity contribution >= 4 is 17.7 Å². The van der Waals surface area contributed by atoms with Gasteiger partial charge in [0.15, 0.2) is 0 Å². The van der Waals surface area contributed by atoms with E-state index in [1.165, 1.54) is 0 Å². The number of thioether (sulfide) groups is 1. The van der Waals surface area contributed by atoms with Crippen LogP contribution in [0.4, 0.5) is 0 Å². The smallest absolute Gasteiger partial charge is 0.324 e. The monoisotopic (exact) mass is 266 g/mol. The van der Waals surface area contributed by atoms with E-state index in [2.05, 4.69) is 10.3 Å². The van der Waals surface area contributed by atoms with E-state index < -0.39 is 0 Å². The van der Waals surface area contributed by atoms with Gasteiger partial charge in [0.2, 0.25) is 0 Å². The highest BCUT2D eigenvalue weighted by molar-refractivity contribution is 7.99. The van der Waals surface area contributed by atoms with Crippen LogP contribution in [0.1, 0.15) is 19.8 Å². The van der Waals surface area contributed by atoms with Crippen molar-refractivity contribution in [1.82, 2.24) is 10.3 Å². The van der Waals surface area contributed by atoms with E-state index in [4.69, 9.17) is 4.74 Å². The Morgan fingerprint density at radius 1 is 1.56 bits per heavy atom. The fourth-order valence-corrected chi connectivity index (χ4v) is 2.48. The van der Waals surface area contributed by atoms with Crippen LogP contribution in [0.2, 0.25) is 0 Å². The number of hydrogen-bond acceptors (Lipinski definition) is 5. The molecule has 1 N–H and O–H groups in total. The van der Waals surface area contributed by atoms with Gasteiger partial charge in [0.05, 0.1) is 6.61 Å². The molecule has 1 heterocycles. The number of nitrogens with zero attached hydrogens (tertiary/aromatic N) is 1. The summed E-state index contributed by atoms with van der Waals surface area (Å²) in [5.41, 5.74) is 0. The van der Waals surface area contributed by atoms with Crippen LogP contribution in [0.5, 0.6) is 0 Å². The Morgan fingerprint density at radius 2 is 2.28 bits per heavy atom. The minimum Gasteiger partial charge on any atom is -0.465 e. The molecule has 0 aliphatic heterocycles. The summed E-state index contributed by atoms with van der Waals surface area (Å²) in [6.07, 6.45) is 5.84. The average molecular weight is 266 g/mol. The summed E-state index contributed by atoms with van der Waals surface area (Å²) in [6.45, 7) is 2.27. The van der Waals surface area contributed by atoms with Gasteiger partial charge >= 0.3 is 5.97 Å². The van der Waals surface area contributed by atoms with E-state index in [1.54, 1.807) is 24.2 Å². The first kappa shape index (κ1) is 13.4. The highest BCUT2D eigenvalue weighted by Crippen LogP contribution is 2.22. The van der Waals surface area contributed by atoms with Crippen LogP contribution in [0, 0.1) is 0 Å². The van der Waals surface area contributed by atoms with Gasteiger partial charge in [0, 0.05) is 29.1 Å². The van der Waals surface area contributed by atoms with E-state index in [9.17, 15) is 4.79 Å². The molecule has 0 radical (unpaired) electrons. The topological polar surface area (TPSA) is 51.2 Å². The molecule has 1 aliphatic rings. The third-order valence-electron chi connectivity index (χ3n) is 2.65. The molecule has 1 unspecified atom stereocenters. The summed E-state index contributed by atoms with van der Waals surface area (Å²) in [5, 5.41) is 3.33. The van der Waals surface area contributed by atoms with Crippen LogP contribution in [-0.4, -0.2) is 35.4 Å². The van der Waals surface area contributed by atoms with Crippen molar-refractivity contribution in [2.75, 3.05) is 12.4 Å². The van der Waals surface area contributed by atoms with Gasteiger partial charge in [0.25, 0.3) is 0 Å². The summed E-state index contributed by atoms with van der Waals surface area (Å²) in [5.74, 6) is 0.547. The fraction of sp³-hybridized carbons (Fsp3) is 0.538. The predicted molar refractivity (Wildman–Crippen MR) is 71.5 cm³/mol. The number of nitrogens with one attached hydrogen (secondary N) is 1. The van der Waals surface area contributed by atoms with Gasteiger partial charge < -0.3 is 10.1 Å². The lowest BCUT2D eigenvalue weighted by Crippen LogP contribution is -2.41. The number of pyridine rings is 1. The van der Waals surface area contributed by atoms with Crippen molar-refractivity contribution in [1.29, 1.82) is 0 Å². The number of aromatic nitrogens is 1. The Balaban J connectivity index is 1.85. The van der Waals surface area contributed by atoms with E-state index in [0.717, 1.165) is 17.7 Å². The van der Waals surface area contributed by atoms with Gasteiger partial charge in [-0.15, -0.1) is 11.8 Å². The Hall–Kier alpha value is -1.07. The van der Waals surface area contributed by atoms with E-state index in [0.29, 0.717) is 18.4 Å². The third-order valence-corrected chi connectivity index (χ3v) is 3.76. The molecule has 98 valence electrons.